The summed E-state index contributed by atoms with van der Waals surface area (Å²) in [6, 6.07) is 5.07. The number of rotatable bonds is 7. The summed E-state index contributed by atoms with van der Waals surface area (Å²) in [7, 11) is 0.965. The molecule has 2 atom stereocenters. The summed E-state index contributed by atoms with van der Waals surface area (Å²) in [5.74, 6) is -4.39. The molecule has 2 N–H and O–H groups in total. The molecule has 2 rings (SSSR count). The van der Waals surface area contributed by atoms with Crippen LogP contribution in [0.4, 0.5) is 22.0 Å². The summed E-state index contributed by atoms with van der Waals surface area (Å²) in [5, 5.41) is 12.3. The van der Waals surface area contributed by atoms with Gasteiger partial charge in [-0.15, -0.1) is 11.8 Å². The van der Waals surface area contributed by atoms with Crippen molar-refractivity contribution in [3.8, 4) is 0 Å². The van der Waals surface area contributed by atoms with Crippen LogP contribution in [-0.4, -0.2) is 42.0 Å². The number of esters is 1. The molecule has 0 heterocycles. The molecule has 0 saturated carbocycles. The van der Waals surface area contributed by atoms with Crippen LogP contribution in [0.15, 0.2) is 47.4 Å². The number of alkyl halides is 3. The highest BCUT2D eigenvalue weighted by Gasteiger charge is 2.37. The summed E-state index contributed by atoms with van der Waals surface area (Å²) in [6.45, 7) is 0. The molecule has 0 aliphatic carbocycles. The number of aliphatic hydroxyl groups excluding tert-OH is 1. The van der Waals surface area contributed by atoms with Gasteiger partial charge in [0.25, 0.3) is 5.91 Å². The van der Waals surface area contributed by atoms with E-state index in [0.29, 0.717) is 17.0 Å². The number of hydrogen-bond acceptors (Lipinski definition) is 5. The van der Waals surface area contributed by atoms with Crippen molar-refractivity contribution in [1.29, 1.82) is 0 Å². The number of halogens is 5. The minimum absolute atomic E-state index is 0.151. The zero-order valence-electron chi connectivity index (χ0n) is 15.4. The highest BCUT2D eigenvalue weighted by Crippen LogP contribution is 2.32. The summed E-state index contributed by atoms with van der Waals surface area (Å²) >= 11 is 0.953. The van der Waals surface area contributed by atoms with E-state index in [9.17, 15) is 36.6 Å². The van der Waals surface area contributed by atoms with Crippen LogP contribution in [0.1, 0.15) is 15.9 Å². The molecule has 0 radical (unpaired) electrons. The van der Waals surface area contributed by atoms with Crippen LogP contribution >= 0.6 is 11.8 Å². The van der Waals surface area contributed by atoms with E-state index in [-0.39, 0.29) is 11.8 Å². The standard InChI is InChI=1S/C19H16F5NO4S/c1-29-18(28)16(15(26)9-30-12-4-2-3-10(20)7-12)25-17(27)13-6-5-11(21)8-14(13)19(22,23)24/h2-8,15-16,26H,9H2,1H3,(H,25,27). The number of ether oxygens (including phenoxy) is 1. The first-order chi connectivity index (χ1) is 14.0. The topological polar surface area (TPSA) is 75.6 Å². The fraction of sp³-hybridized carbons (Fsp3) is 0.263. The zero-order chi connectivity index (χ0) is 22.5. The summed E-state index contributed by atoms with van der Waals surface area (Å²) in [6.07, 6.45) is -6.61. The van der Waals surface area contributed by atoms with Crippen molar-refractivity contribution in [2.45, 2.75) is 23.2 Å². The smallest absolute Gasteiger partial charge is 0.417 e. The molecular weight excluding hydrogens is 433 g/mol. The van der Waals surface area contributed by atoms with Crippen LogP contribution in [-0.2, 0) is 15.7 Å². The first-order valence-electron chi connectivity index (χ1n) is 8.34. The lowest BCUT2D eigenvalue weighted by Crippen LogP contribution is -2.50. The highest BCUT2D eigenvalue weighted by molar-refractivity contribution is 7.99. The van der Waals surface area contributed by atoms with Gasteiger partial charge in [-0.3, -0.25) is 4.79 Å². The van der Waals surface area contributed by atoms with Gasteiger partial charge in [0.2, 0.25) is 0 Å². The van der Waals surface area contributed by atoms with Crippen molar-refractivity contribution < 1.29 is 41.4 Å². The monoisotopic (exact) mass is 449 g/mol. The number of methoxy groups -OCH3 is 1. The average molecular weight is 449 g/mol. The van der Waals surface area contributed by atoms with Crippen molar-refractivity contribution >= 4 is 23.6 Å². The van der Waals surface area contributed by atoms with E-state index >= 15 is 0 Å². The van der Waals surface area contributed by atoms with Crippen LogP contribution in [0, 0.1) is 11.6 Å². The number of nitrogens with one attached hydrogen (secondary N) is 1. The fourth-order valence-electron chi connectivity index (χ4n) is 2.44. The lowest BCUT2D eigenvalue weighted by molar-refractivity contribution is -0.145. The molecule has 2 aromatic carbocycles. The molecule has 2 unspecified atom stereocenters. The number of thioether (sulfide) groups is 1. The molecule has 162 valence electrons. The number of carbonyl (C=O) groups excluding carboxylic acids is 2. The Labute approximate surface area is 172 Å². The minimum Gasteiger partial charge on any atom is -0.467 e. The summed E-state index contributed by atoms with van der Waals surface area (Å²) in [5.41, 5.74) is -2.46. The van der Waals surface area contributed by atoms with Crippen molar-refractivity contribution in [1.82, 2.24) is 5.32 Å². The van der Waals surface area contributed by atoms with Crippen molar-refractivity contribution in [2.24, 2.45) is 0 Å². The van der Waals surface area contributed by atoms with Gasteiger partial charge in [0, 0.05) is 10.6 Å². The molecule has 0 aromatic heterocycles. The first-order valence-corrected chi connectivity index (χ1v) is 9.33. The summed E-state index contributed by atoms with van der Waals surface area (Å²) in [4.78, 5) is 24.8. The first kappa shape index (κ1) is 23.6. The Morgan fingerprint density at radius 3 is 2.40 bits per heavy atom. The molecule has 11 heteroatoms. The van der Waals surface area contributed by atoms with Crippen LogP contribution < -0.4 is 5.32 Å². The van der Waals surface area contributed by atoms with Crippen molar-refractivity contribution in [3.63, 3.8) is 0 Å². The molecule has 0 saturated heterocycles. The molecule has 5 nitrogen and oxygen atoms in total. The lowest BCUT2D eigenvalue weighted by Gasteiger charge is -2.22. The lowest BCUT2D eigenvalue weighted by atomic mass is 10.0. The number of carbonyl (C=O) groups is 2. The van der Waals surface area contributed by atoms with E-state index < -0.39 is 53.0 Å². The van der Waals surface area contributed by atoms with Crippen LogP contribution in [0.3, 0.4) is 0 Å². The predicted molar refractivity (Wildman–Crippen MR) is 97.8 cm³/mol. The van der Waals surface area contributed by atoms with E-state index in [1.807, 2.05) is 5.32 Å². The second-order valence-electron chi connectivity index (χ2n) is 6.00. The molecule has 2 aromatic rings. The van der Waals surface area contributed by atoms with Gasteiger partial charge >= 0.3 is 12.1 Å². The third kappa shape index (κ3) is 6.17. The fourth-order valence-corrected chi connectivity index (χ4v) is 3.37. The average Bonchev–Trinajstić information content (AvgIpc) is 2.68. The Balaban J connectivity index is 2.20. The Morgan fingerprint density at radius 2 is 1.80 bits per heavy atom. The Morgan fingerprint density at radius 1 is 1.13 bits per heavy atom. The van der Waals surface area contributed by atoms with E-state index in [1.165, 1.54) is 18.2 Å². The van der Waals surface area contributed by atoms with Crippen LogP contribution in [0.2, 0.25) is 0 Å². The third-order valence-electron chi connectivity index (χ3n) is 3.87. The van der Waals surface area contributed by atoms with E-state index in [1.54, 1.807) is 6.07 Å². The van der Waals surface area contributed by atoms with Crippen LogP contribution in [0.25, 0.3) is 0 Å². The zero-order valence-corrected chi connectivity index (χ0v) is 16.2. The largest absolute Gasteiger partial charge is 0.467 e. The Bertz CT molecular complexity index is 922. The SMILES string of the molecule is COC(=O)C(NC(=O)c1ccc(F)cc1C(F)(F)F)C(O)CSc1cccc(F)c1. The van der Waals surface area contributed by atoms with Crippen LogP contribution in [0.5, 0.6) is 0 Å². The Hall–Kier alpha value is -2.66. The quantitative estimate of drug-likeness (QED) is 0.385. The van der Waals surface area contributed by atoms with E-state index in [2.05, 4.69) is 4.74 Å². The normalized spacial score (nSPS) is 13.4. The van der Waals surface area contributed by atoms with Gasteiger partial charge < -0.3 is 15.2 Å². The molecule has 1 amide bonds. The van der Waals surface area contributed by atoms with Crippen molar-refractivity contribution in [2.75, 3.05) is 12.9 Å². The number of aliphatic hydroxyl groups is 1. The second-order valence-corrected chi connectivity index (χ2v) is 7.09. The van der Waals surface area contributed by atoms with Gasteiger partial charge in [0.1, 0.15) is 11.6 Å². The van der Waals surface area contributed by atoms with E-state index in [4.69, 9.17) is 0 Å². The van der Waals surface area contributed by atoms with Gasteiger partial charge in [-0.25, -0.2) is 13.6 Å². The van der Waals surface area contributed by atoms with Gasteiger partial charge in [0.05, 0.1) is 24.3 Å². The van der Waals surface area contributed by atoms with Gasteiger partial charge in [-0.2, -0.15) is 13.2 Å². The molecule has 0 aliphatic rings. The molecule has 0 fully saturated rings. The van der Waals surface area contributed by atoms with Gasteiger partial charge in [-0.1, -0.05) is 6.07 Å². The summed E-state index contributed by atoms with van der Waals surface area (Å²) < 4.78 is 70.3. The second kappa shape index (κ2) is 9.90. The van der Waals surface area contributed by atoms with Gasteiger partial charge in [-0.05, 0) is 36.4 Å². The predicted octanol–water partition coefficient (Wildman–Crippen LogP) is 3.41. The maximum Gasteiger partial charge on any atom is 0.417 e. The minimum atomic E-state index is -5.03. The highest BCUT2D eigenvalue weighted by atomic mass is 32.2. The van der Waals surface area contributed by atoms with Crippen molar-refractivity contribution in [3.05, 3.63) is 65.2 Å². The van der Waals surface area contributed by atoms with E-state index in [0.717, 1.165) is 18.9 Å². The maximum absolute atomic E-state index is 13.2. The van der Waals surface area contributed by atoms with Gasteiger partial charge in [0.15, 0.2) is 6.04 Å². The third-order valence-corrected chi connectivity index (χ3v) is 4.97. The molecule has 0 bridgehead atoms. The number of benzene rings is 2. The molecule has 0 spiro atoms. The number of hydrogen-bond donors (Lipinski definition) is 2. The number of amides is 1. The molecule has 30 heavy (non-hydrogen) atoms. The maximum atomic E-state index is 13.2. The Kier molecular flexibility index (Phi) is 7.79. The molecular formula is C19H16F5NO4S. The molecule has 0 aliphatic heterocycles.